The van der Waals surface area contributed by atoms with Crippen LogP contribution in [0.25, 0.3) is 0 Å². The molecule has 1 heterocycles. The average Bonchev–Trinajstić information content (AvgIpc) is 2.36. The van der Waals surface area contributed by atoms with Crippen molar-refractivity contribution in [2.75, 3.05) is 12.4 Å². The molecule has 1 aromatic carbocycles. The molecular weight excluding hydrogens is 301 g/mol. The number of nitrogens with one attached hydrogen (secondary N) is 1. The van der Waals surface area contributed by atoms with E-state index in [0.717, 1.165) is 5.56 Å². The monoisotopic (exact) mass is 311 g/mol. The van der Waals surface area contributed by atoms with Crippen LogP contribution < -0.4 is 10.1 Å². The van der Waals surface area contributed by atoms with Gasteiger partial charge in [0.15, 0.2) is 11.6 Å². The van der Waals surface area contributed by atoms with Gasteiger partial charge in [-0.15, -0.1) is 0 Å². The molecule has 0 amide bonds. The van der Waals surface area contributed by atoms with E-state index in [1.165, 1.54) is 12.4 Å². The van der Waals surface area contributed by atoms with Gasteiger partial charge < -0.3 is 10.1 Å². The molecule has 0 saturated carbocycles. The smallest absolute Gasteiger partial charge is 0.239 e. The van der Waals surface area contributed by atoms with Crippen molar-refractivity contribution in [2.45, 2.75) is 6.92 Å². The van der Waals surface area contributed by atoms with Crippen LogP contribution in [0.1, 0.15) is 5.56 Å². The molecule has 0 radical (unpaired) electrons. The summed E-state index contributed by atoms with van der Waals surface area (Å²) in [6.45, 7) is 1.86. The van der Waals surface area contributed by atoms with Crippen molar-refractivity contribution in [2.24, 2.45) is 0 Å². The number of halogens is 2. The fourth-order valence-electron chi connectivity index (χ4n) is 1.39. The van der Waals surface area contributed by atoms with Crippen molar-refractivity contribution >= 4 is 21.7 Å². The van der Waals surface area contributed by atoms with Crippen LogP contribution in [0, 0.1) is 12.7 Å². The maximum absolute atomic E-state index is 13.6. The third-order valence-corrected chi connectivity index (χ3v) is 3.00. The third-order valence-electron chi connectivity index (χ3n) is 2.29. The summed E-state index contributed by atoms with van der Waals surface area (Å²) in [5, 5.41) is 2.88. The van der Waals surface area contributed by atoms with Crippen LogP contribution in [0.4, 0.5) is 10.2 Å². The van der Waals surface area contributed by atoms with E-state index in [0.29, 0.717) is 10.3 Å². The van der Waals surface area contributed by atoms with Crippen LogP contribution in [-0.2, 0) is 0 Å². The van der Waals surface area contributed by atoms with Gasteiger partial charge in [0.1, 0.15) is 16.6 Å². The molecule has 6 heteroatoms. The molecule has 0 atom stereocenters. The number of ether oxygens (including phenoxy) is 1. The number of benzene rings is 1. The predicted octanol–water partition coefficient (Wildman–Crippen LogP) is 3.52. The van der Waals surface area contributed by atoms with Gasteiger partial charge >= 0.3 is 0 Å². The lowest BCUT2D eigenvalue weighted by atomic mass is 10.2. The lowest BCUT2D eigenvalue weighted by molar-refractivity contribution is 0.424. The molecule has 2 rings (SSSR count). The number of nitrogens with zero attached hydrogens (tertiary/aromatic N) is 2. The van der Waals surface area contributed by atoms with Gasteiger partial charge in [-0.2, -0.15) is 0 Å². The maximum Gasteiger partial charge on any atom is 0.239 e. The molecule has 1 aromatic heterocycles. The Morgan fingerprint density at radius 3 is 2.83 bits per heavy atom. The van der Waals surface area contributed by atoms with Crippen LogP contribution in [0.5, 0.6) is 11.6 Å². The van der Waals surface area contributed by atoms with Gasteiger partial charge in [-0.3, -0.25) is 0 Å². The fraction of sp³-hybridized carbons (Fsp3) is 0.167. The number of aromatic nitrogens is 2. The molecule has 2 aromatic rings. The van der Waals surface area contributed by atoms with E-state index in [4.69, 9.17) is 4.74 Å². The van der Waals surface area contributed by atoms with E-state index in [9.17, 15) is 4.39 Å². The predicted molar refractivity (Wildman–Crippen MR) is 70.5 cm³/mol. The summed E-state index contributed by atoms with van der Waals surface area (Å²) in [4.78, 5) is 7.96. The van der Waals surface area contributed by atoms with Gasteiger partial charge in [0.25, 0.3) is 0 Å². The molecule has 0 aliphatic heterocycles. The minimum Gasteiger partial charge on any atom is -0.435 e. The first-order valence-corrected chi connectivity index (χ1v) is 6.03. The fourth-order valence-corrected chi connectivity index (χ4v) is 1.88. The first kappa shape index (κ1) is 12.8. The standard InChI is InChI=1S/C12H11BrFN3O/c1-7-3-4-8(14)9(5-7)18-12-10(13)11(15-2)16-6-17-12/h3-6H,1-2H3,(H,15,16,17). The zero-order valence-electron chi connectivity index (χ0n) is 9.87. The molecule has 0 unspecified atom stereocenters. The first-order valence-electron chi connectivity index (χ1n) is 5.24. The Hall–Kier alpha value is -1.69. The van der Waals surface area contributed by atoms with E-state index in [2.05, 4.69) is 31.2 Å². The minimum atomic E-state index is -0.433. The molecule has 1 N–H and O–H groups in total. The Kier molecular flexibility index (Phi) is 3.76. The van der Waals surface area contributed by atoms with Crippen molar-refractivity contribution in [3.05, 3.63) is 40.4 Å². The molecular formula is C12H11BrFN3O. The van der Waals surface area contributed by atoms with E-state index in [1.807, 2.05) is 6.92 Å². The summed E-state index contributed by atoms with van der Waals surface area (Å²) in [6.07, 6.45) is 1.35. The van der Waals surface area contributed by atoms with Crippen LogP contribution in [-0.4, -0.2) is 17.0 Å². The number of hydrogen-bond donors (Lipinski definition) is 1. The SMILES string of the molecule is CNc1ncnc(Oc2cc(C)ccc2F)c1Br. The van der Waals surface area contributed by atoms with Crippen molar-refractivity contribution in [3.63, 3.8) is 0 Å². The molecule has 18 heavy (non-hydrogen) atoms. The van der Waals surface area contributed by atoms with Crippen LogP contribution >= 0.6 is 15.9 Å². The lowest BCUT2D eigenvalue weighted by Gasteiger charge is -2.10. The number of rotatable bonds is 3. The highest BCUT2D eigenvalue weighted by molar-refractivity contribution is 9.10. The number of aryl methyl sites for hydroxylation is 1. The van der Waals surface area contributed by atoms with Crippen molar-refractivity contribution in [1.82, 2.24) is 9.97 Å². The average molecular weight is 312 g/mol. The Balaban J connectivity index is 2.37. The molecule has 0 spiro atoms. The van der Waals surface area contributed by atoms with Gasteiger partial charge in [0.05, 0.1) is 0 Å². The zero-order chi connectivity index (χ0) is 13.1. The highest BCUT2D eigenvalue weighted by Crippen LogP contribution is 2.32. The number of hydrogen-bond acceptors (Lipinski definition) is 4. The normalized spacial score (nSPS) is 10.2. The summed E-state index contributed by atoms with van der Waals surface area (Å²) in [5.41, 5.74) is 0.908. The summed E-state index contributed by atoms with van der Waals surface area (Å²) >= 11 is 3.31. The van der Waals surface area contributed by atoms with E-state index < -0.39 is 5.82 Å². The minimum absolute atomic E-state index is 0.136. The quantitative estimate of drug-likeness (QED) is 0.942. The topological polar surface area (TPSA) is 47.0 Å². The van der Waals surface area contributed by atoms with E-state index in [1.54, 1.807) is 19.2 Å². The van der Waals surface area contributed by atoms with E-state index >= 15 is 0 Å². The summed E-state index contributed by atoms with van der Waals surface area (Å²) in [7, 11) is 1.73. The molecule has 94 valence electrons. The second kappa shape index (κ2) is 5.30. The van der Waals surface area contributed by atoms with Crippen molar-refractivity contribution in [1.29, 1.82) is 0 Å². The Labute approximate surface area is 112 Å². The third kappa shape index (κ3) is 2.59. The van der Waals surface area contributed by atoms with Gasteiger partial charge in [-0.25, -0.2) is 14.4 Å². The van der Waals surface area contributed by atoms with Gasteiger partial charge in [0, 0.05) is 7.05 Å². The number of anilines is 1. The Morgan fingerprint density at radius 2 is 2.11 bits per heavy atom. The zero-order valence-corrected chi connectivity index (χ0v) is 11.5. The van der Waals surface area contributed by atoms with E-state index in [-0.39, 0.29) is 11.6 Å². The van der Waals surface area contributed by atoms with Crippen molar-refractivity contribution < 1.29 is 9.13 Å². The summed E-state index contributed by atoms with van der Waals surface area (Å²) in [6, 6.07) is 4.65. The highest BCUT2D eigenvalue weighted by atomic mass is 79.9. The summed E-state index contributed by atoms with van der Waals surface area (Å²) < 4.78 is 19.6. The molecule has 0 fully saturated rings. The lowest BCUT2D eigenvalue weighted by Crippen LogP contribution is -1.98. The van der Waals surface area contributed by atoms with Crippen LogP contribution in [0.15, 0.2) is 29.0 Å². The largest absolute Gasteiger partial charge is 0.435 e. The van der Waals surface area contributed by atoms with Gasteiger partial charge in [-0.1, -0.05) is 6.07 Å². The molecule has 0 aliphatic rings. The van der Waals surface area contributed by atoms with Gasteiger partial charge in [-0.05, 0) is 40.5 Å². The van der Waals surface area contributed by atoms with Crippen LogP contribution in [0.3, 0.4) is 0 Å². The Bertz CT molecular complexity index is 577. The second-order valence-electron chi connectivity index (χ2n) is 3.63. The second-order valence-corrected chi connectivity index (χ2v) is 4.42. The summed E-state index contributed by atoms with van der Waals surface area (Å²) in [5.74, 6) is 0.542. The molecule has 4 nitrogen and oxygen atoms in total. The first-order chi connectivity index (χ1) is 8.61. The molecule has 0 aliphatic carbocycles. The maximum atomic E-state index is 13.6. The molecule has 0 saturated heterocycles. The Morgan fingerprint density at radius 1 is 1.33 bits per heavy atom. The van der Waals surface area contributed by atoms with Crippen molar-refractivity contribution in [3.8, 4) is 11.6 Å². The molecule has 0 bridgehead atoms. The highest BCUT2D eigenvalue weighted by Gasteiger charge is 2.12. The van der Waals surface area contributed by atoms with Gasteiger partial charge in [0.2, 0.25) is 5.88 Å². The van der Waals surface area contributed by atoms with Crippen LogP contribution in [0.2, 0.25) is 0 Å².